The summed E-state index contributed by atoms with van der Waals surface area (Å²) in [7, 11) is 5.94. The van der Waals surface area contributed by atoms with Gasteiger partial charge in [-0.05, 0) is 51.4 Å². The number of carbonyl (C=O) groups excluding carboxylic acids is 3. The normalized spacial score (nSPS) is 13.0. The highest BCUT2D eigenvalue weighted by Gasteiger charge is 2.22. The average Bonchev–Trinajstić information content (AvgIpc) is 3.39. The van der Waals surface area contributed by atoms with Crippen LogP contribution in [0.25, 0.3) is 0 Å². The van der Waals surface area contributed by atoms with E-state index in [0.29, 0.717) is 23.9 Å². The Hall–Kier alpha value is -2.75. The van der Waals surface area contributed by atoms with E-state index in [4.69, 9.17) is 18.9 Å². The molecule has 0 amide bonds. The predicted octanol–water partition coefficient (Wildman–Crippen LogP) is 18.1. The van der Waals surface area contributed by atoms with Gasteiger partial charge in [0.2, 0.25) is 0 Å². The Morgan fingerprint density at radius 3 is 1.12 bits per heavy atom. The van der Waals surface area contributed by atoms with E-state index in [1.54, 1.807) is 0 Å². The number of likely N-dealkylation sites (N-methyl/N-ethyl adjacent to an activating group) is 1. The van der Waals surface area contributed by atoms with Crippen molar-refractivity contribution in [2.75, 3.05) is 47.5 Å². The molecule has 0 spiro atoms. The molecule has 0 bridgehead atoms. The zero-order valence-corrected chi connectivity index (χ0v) is 50.6. The first-order valence-electron chi connectivity index (χ1n) is 32.3. The Labute approximate surface area is 470 Å². The average molecular weight is 1070 g/mol. The molecule has 0 fully saturated rings. The summed E-state index contributed by atoms with van der Waals surface area (Å²) >= 11 is 0. The molecular formula is C67H123NO8. The summed E-state index contributed by atoms with van der Waals surface area (Å²) in [5, 5.41) is 11.8. The lowest BCUT2D eigenvalue weighted by molar-refractivity contribution is -0.870. The standard InChI is InChI=1S/C67H123NO8/c1-6-8-10-12-14-16-18-20-22-24-26-28-29-30-31-32-33-34-35-36-37-38-40-42-44-46-48-50-52-54-56-58-65(70)76-63(62-75-67(66(71)72)73-60-59-68(3,4)5)61-74-64(69)57-55-53-51-49-47-45-43-41-39-27-25-23-21-19-17-15-13-11-9-7-2/h8,10,14,16,20,22,26,28,63,67H,6-7,9,11-13,15,17-19,21,23-25,27,29-62H2,1-5H3/b10-8-,16-14-,22-20-,28-26-. The zero-order chi connectivity index (χ0) is 55.5. The van der Waals surface area contributed by atoms with Crippen LogP contribution < -0.4 is 5.11 Å². The zero-order valence-electron chi connectivity index (χ0n) is 50.6. The van der Waals surface area contributed by atoms with Gasteiger partial charge in [-0.1, -0.05) is 287 Å². The van der Waals surface area contributed by atoms with Gasteiger partial charge < -0.3 is 33.3 Å². The van der Waals surface area contributed by atoms with E-state index >= 15 is 0 Å². The molecule has 0 heterocycles. The SMILES string of the molecule is CC/C=C\C/C=C\C/C=C\C/C=C\CCCCCCCCCCCCCCCCCCCCC(=O)OC(COC(=O)CCCCCCCCCCCCCCCCCCCCCC)COC(OCC[N+](C)(C)C)C(=O)[O-]. The van der Waals surface area contributed by atoms with Crippen LogP contribution in [-0.2, 0) is 33.3 Å². The molecular weight excluding hydrogens is 947 g/mol. The highest BCUT2D eigenvalue weighted by molar-refractivity contribution is 5.70. The molecule has 0 aliphatic carbocycles. The lowest BCUT2D eigenvalue weighted by atomic mass is 10.0. The Bertz CT molecular complexity index is 1380. The molecule has 2 atom stereocenters. The highest BCUT2D eigenvalue weighted by Crippen LogP contribution is 2.18. The number of ether oxygens (including phenoxy) is 4. The quantitative estimate of drug-likeness (QED) is 0.0195. The van der Waals surface area contributed by atoms with Crippen LogP contribution in [0.4, 0.5) is 0 Å². The number of allylic oxidation sites excluding steroid dienone is 8. The lowest BCUT2D eigenvalue weighted by Crippen LogP contribution is -2.44. The molecule has 0 aromatic rings. The van der Waals surface area contributed by atoms with Crippen LogP contribution in [-0.4, -0.2) is 82.3 Å². The first-order valence-corrected chi connectivity index (χ1v) is 32.3. The van der Waals surface area contributed by atoms with Gasteiger partial charge >= 0.3 is 11.9 Å². The Morgan fingerprint density at radius 2 is 0.750 bits per heavy atom. The Balaban J connectivity index is 4.10. The maximum atomic E-state index is 12.9. The Morgan fingerprint density at radius 1 is 0.408 bits per heavy atom. The first-order chi connectivity index (χ1) is 37.1. The molecule has 0 radical (unpaired) electrons. The van der Waals surface area contributed by atoms with E-state index in [1.807, 2.05) is 21.1 Å². The molecule has 0 aromatic carbocycles. The molecule has 0 saturated heterocycles. The van der Waals surface area contributed by atoms with Crippen LogP contribution in [0, 0.1) is 0 Å². The van der Waals surface area contributed by atoms with Gasteiger partial charge in [-0.3, -0.25) is 9.59 Å². The van der Waals surface area contributed by atoms with Gasteiger partial charge in [-0.2, -0.15) is 0 Å². The number of quaternary nitrogens is 1. The summed E-state index contributed by atoms with van der Waals surface area (Å²) < 4.78 is 22.8. The minimum atomic E-state index is -1.62. The molecule has 0 aliphatic rings. The maximum absolute atomic E-state index is 12.9. The largest absolute Gasteiger partial charge is 0.545 e. The molecule has 2 unspecified atom stereocenters. The first kappa shape index (κ1) is 73.2. The predicted molar refractivity (Wildman–Crippen MR) is 320 cm³/mol. The number of nitrogens with zero attached hydrogens (tertiary/aromatic N) is 1. The fraction of sp³-hybridized carbons (Fsp3) is 0.836. The van der Waals surface area contributed by atoms with Gasteiger partial charge in [0.05, 0.1) is 40.3 Å². The highest BCUT2D eigenvalue weighted by atomic mass is 16.7. The van der Waals surface area contributed by atoms with Crippen molar-refractivity contribution in [1.29, 1.82) is 0 Å². The molecule has 444 valence electrons. The summed E-state index contributed by atoms with van der Waals surface area (Å²) in [6, 6.07) is 0. The van der Waals surface area contributed by atoms with Crippen molar-refractivity contribution in [3.8, 4) is 0 Å². The van der Waals surface area contributed by atoms with Gasteiger partial charge in [-0.25, -0.2) is 0 Å². The van der Waals surface area contributed by atoms with Gasteiger partial charge in [0.15, 0.2) is 12.4 Å². The fourth-order valence-electron chi connectivity index (χ4n) is 9.41. The third-order valence-electron chi connectivity index (χ3n) is 14.3. The summed E-state index contributed by atoms with van der Waals surface area (Å²) in [6.45, 7) is 4.69. The number of carboxylic acid groups (broad SMARTS) is 1. The van der Waals surface area contributed by atoms with Crippen LogP contribution in [0.5, 0.6) is 0 Å². The van der Waals surface area contributed by atoms with Crippen LogP contribution in [0.1, 0.15) is 303 Å². The van der Waals surface area contributed by atoms with Gasteiger partial charge in [0, 0.05) is 12.8 Å². The number of hydrogen-bond donors (Lipinski definition) is 0. The third-order valence-corrected chi connectivity index (χ3v) is 14.3. The fourth-order valence-corrected chi connectivity index (χ4v) is 9.41. The number of unbranched alkanes of at least 4 members (excludes halogenated alkanes) is 37. The van der Waals surface area contributed by atoms with Crippen molar-refractivity contribution >= 4 is 17.9 Å². The van der Waals surface area contributed by atoms with Crippen molar-refractivity contribution in [1.82, 2.24) is 0 Å². The molecule has 0 rings (SSSR count). The molecule has 0 aromatic heterocycles. The number of hydrogen-bond acceptors (Lipinski definition) is 8. The second-order valence-electron chi connectivity index (χ2n) is 23.0. The van der Waals surface area contributed by atoms with Crippen molar-refractivity contribution in [2.45, 2.75) is 315 Å². The summed E-state index contributed by atoms with van der Waals surface area (Å²) in [4.78, 5) is 37.4. The van der Waals surface area contributed by atoms with Gasteiger partial charge in [0.25, 0.3) is 0 Å². The monoisotopic (exact) mass is 1070 g/mol. The second-order valence-corrected chi connectivity index (χ2v) is 23.0. The van der Waals surface area contributed by atoms with Crippen molar-refractivity contribution < 1.29 is 42.9 Å². The summed E-state index contributed by atoms with van der Waals surface area (Å²) in [5.41, 5.74) is 0. The third kappa shape index (κ3) is 58.9. The van der Waals surface area contributed by atoms with E-state index in [0.717, 1.165) is 57.8 Å². The van der Waals surface area contributed by atoms with Gasteiger partial charge in [-0.15, -0.1) is 0 Å². The van der Waals surface area contributed by atoms with Gasteiger partial charge in [0.1, 0.15) is 13.2 Å². The maximum Gasteiger partial charge on any atom is 0.306 e. The number of carboxylic acids is 1. The van der Waals surface area contributed by atoms with E-state index in [9.17, 15) is 19.5 Å². The molecule has 76 heavy (non-hydrogen) atoms. The molecule has 0 saturated carbocycles. The van der Waals surface area contributed by atoms with Crippen molar-refractivity contribution in [3.63, 3.8) is 0 Å². The number of rotatable bonds is 60. The van der Waals surface area contributed by atoms with Crippen LogP contribution in [0.3, 0.4) is 0 Å². The van der Waals surface area contributed by atoms with Crippen molar-refractivity contribution in [2.24, 2.45) is 0 Å². The molecule has 0 aliphatic heterocycles. The topological polar surface area (TPSA) is 111 Å². The van der Waals surface area contributed by atoms with E-state index in [1.165, 1.54) is 212 Å². The summed E-state index contributed by atoms with van der Waals surface area (Å²) in [6.07, 6.45) is 70.3. The van der Waals surface area contributed by atoms with E-state index in [2.05, 4.69) is 62.5 Å². The number of carbonyl (C=O) groups is 3. The van der Waals surface area contributed by atoms with E-state index in [-0.39, 0.29) is 32.2 Å². The Kier molecular flexibility index (Phi) is 56.3. The lowest BCUT2D eigenvalue weighted by Gasteiger charge is -2.26. The van der Waals surface area contributed by atoms with E-state index < -0.39 is 24.3 Å². The van der Waals surface area contributed by atoms with Crippen LogP contribution in [0.2, 0.25) is 0 Å². The molecule has 0 N–H and O–H groups in total. The number of aliphatic carboxylic acids is 1. The number of esters is 2. The van der Waals surface area contributed by atoms with Crippen LogP contribution in [0.15, 0.2) is 48.6 Å². The minimum absolute atomic E-state index is 0.150. The summed E-state index contributed by atoms with van der Waals surface area (Å²) in [5.74, 6) is -2.26. The second kappa shape index (κ2) is 58.4. The molecule has 9 nitrogen and oxygen atoms in total. The minimum Gasteiger partial charge on any atom is -0.545 e. The van der Waals surface area contributed by atoms with Crippen molar-refractivity contribution in [3.05, 3.63) is 48.6 Å². The van der Waals surface area contributed by atoms with Crippen LogP contribution >= 0.6 is 0 Å². The molecule has 9 heteroatoms. The smallest absolute Gasteiger partial charge is 0.306 e.